The van der Waals surface area contributed by atoms with E-state index in [1.807, 2.05) is 11.6 Å². The lowest BCUT2D eigenvalue weighted by Crippen LogP contribution is -2.43. The third-order valence-electron chi connectivity index (χ3n) is 4.69. The molecule has 2 fully saturated rings. The summed E-state index contributed by atoms with van der Waals surface area (Å²) in [5, 5.41) is 6.35. The molecule has 1 aliphatic heterocycles. The van der Waals surface area contributed by atoms with E-state index in [4.69, 9.17) is 4.74 Å². The zero-order valence-electron chi connectivity index (χ0n) is 12.6. The molecule has 0 aromatic carbocycles. The molecular formula is C16H24N2O2S. The summed E-state index contributed by atoms with van der Waals surface area (Å²) in [6, 6.07) is 0. The number of hydrogen-bond donors (Lipinski definition) is 1. The maximum Gasteiger partial charge on any atom is 0.220 e. The second-order valence-electron chi connectivity index (χ2n) is 6.36. The van der Waals surface area contributed by atoms with Crippen LogP contribution < -0.4 is 5.32 Å². The van der Waals surface area contributed by atoms with E-state index in [1.54, 1.807) is 11.3 Å². The molecule has 1 N–H and O–H groups in total. The molecule has 2 heterocycles. The topological polar surface area (TPSA) is 51.2 Å². The normalized spacial score (nSPS) is 27.9. The maximum absolute atomic E-state index is 12.3. The van der Waals surface area contributed by atoms with Gasteiger partial charge in [-0.1, -0.05) is 12.8 Å². The number of hydrogen-bond acceptors (Lipinski definition) is 4. The Hall–Kier alpha value is -0.940. The quantitative estimate of drug-likeness (QED) is 0.907. The molecule has 2 aliphatic rings. The van der Waals surface area contributed by atoms with Crippen LogP contribution in [0.15, 0.2) is 11.6 Å². The van der Waals surface area contributed by atoms with Gasteiger partial charge in [0.05, 0.1) is 17.7 Å². The zero-order chi connectivity index (χ0) is 14.7. The number of aromatic nitrogens is 1. The summed E-state index contributed by atoms with van der Waals surface area (Å²) in [6.45, 7) is 2.11. The first-order valence-electron chi connectivity index (χ1n) is 8.04. The number of thiazole rings is 1. The second kappa shape index (κ2) is 6.44. The van der Waals surface area contributed by atoms with Crippen LogP contribution >= 0.6 is 11.3 Å². The number of amides is 1. The Labute approximate surface area is 130 Å². The fraction of sp³-hybridized carbons (Fsp3) is 0.750. The molecule has 2 atom stereocenters. The van der Waals surface area contributed by atoms with E-state index in [9.17, 15) is 4.79 Å². The van der Waals surface area contributed by atoms with Crippen LogP contribution in [0.25, 0.3) is 0 Å². The van der Waals surface area contributed by atoms with Gasteiger partial charge in [0.15, 0.2) is 0 Å². The summed E-state index contributed by atoms with van der Waals surface area (Å²) in [6.07, 6.45) is 10.4. The van der Waals surface area contributed by atoms with E-state index in [0.29, 0.717) is 12.5 Å². The van der Waals surface area contributed by atoms with Crippen molar-refractivity contribution in [2.45, 2.75) is 76.0 Å². The monoisotopic (exact) mass is 308 g/mol. The van der Waals surface area contributed by atoms with Crippen molar-refractivity contribution in [3.05, 3.63) is 16.6 Å². The minimum atomic E-state index is -0.199. The second-order valence-corrected chi connectivity index (χ2v) is 7.25. The van der Waals surface area contributed by atoms with Crippen LogP contribution in [0.1, 0.15) is 63.3 Å². The summed E-state index contributed by atoms with van der Waals surface area (Å²) < 4.78 is 5.79. The lowest BCUT2D eigenvalue weighted by Gasteiger charge is -2.28. The van der Waals surface area contributed by atoms with Gasteiger partial charge in [-0.2, -0.15) is 0 Å². The highest BCUT2D eigenvalue weighted by atomic mass is 32.1. The summed E-state index contributed by atoms with van der Waals surface area (Å²) in [5.74, 6) is 0.148. The van der Waals surface area contributed by atoms with E-state index in [0.717, 1.165) is 37.1 Å². The van der Waals surface area contributed by atoms with Crippen LogP contribution in [-0.2, 0) is 15.1 Å². The third kappa shape index (κ3) is 3.46. The predicted molar refractivity (Wildman–Crippen MR) is 83.2 cm³/mol. The van der Waals surface area contributed by atoms with Crippen molar-refractivity contribution in [3.8, 4) is 0 Å². The molecule has 1 aromatic heterocycles. The molecule has 0 spiro atoms. The Kier molecular flexibility index (Phi) is 4.60. The molecule has 5 heteroatoms. The Morgan fingerprint density at radius 2 is 2.29 bits per heavy atom. The Balaban J connectivity index is 1.55. The summed E-state index contributed by atoms with van der Waals surface area (Å²) in [4.78, 5) is 16.8. The van der Waals surface area contributed by atoms with Gasteiger partial charge in [0.2, 0.25) is 5.91 Å². The van der Waals surface area contributed by atoms with Crippen molar-refractivity contribution in [2.75, 3.05) is 0 Å². The van der Waals surface area contributed by atoms with Gasteiger partial charge in [-0.3, -0.25) is 4.79 Å². The smallest absolute Gasteiger partial charge is 0.220 e. The van der Waals surface area contributed by atoms with Gasteiger partial charge >= 0.3 is 0 Å². The molecular weight excluding hydrogens is 284 g/mol. The number of carbonyl (C=O) groups excluding carboxylic acids is 1. The lowest BCUT2D eigenvalue weighted by molar-refractivity contribution is -0.123. The van der Waals surface area contributed by atoms with Gasteiger partial charge in [-0.15, -0.1) is 11.3 Å². The van der Waals surface area contributed by atoms with E-state index in [-0.39, 0.29) is 17.6 Å². The molecule has 1 amide bonds. The highest BCUT2D eigenvalue weighted by Crippen LogP contribution is 2.39. The van der Waals surface area contributed by atoms with Crippen LogP contribution in [0.4, 0.5) is 0 Å². The van der Waals surface area contributed by atoms with Gasteiger partial charge in [-0.25, -0.2) is 4.98 Å². The molecule has 3 rings (SSSR count). The Morgan fingerprint density at radius 1 is 1.48 bits per heavy atom. The van der Waals surface area contributed by atoms with E-state index < -0.39 is 0 Å². The van der Waals surface area contributed by atoms with Gasteiger partial charge in [0, 0.05) is 18.0 Å². The third-order valence-corrected chi connectivity index (χ3v) is 5.67. The highest BCUT2D eigenvalue weighted by Gasteiger charge is 2.39. The largest absolute Gasteiger partial charge is 0.375 e. The fourth-order valence-corrected chi connectivity index (χ4v) is 4.40. The minimum Gasteiger partial charge on any atom is -0.375 e. The Morgan fingerprint density at radius 3 is 2.90 bits per heavy atom. The maximum atomic E-state index is 12.3. The fourth-order valence-electron chi connectivity index (χ4n) is 3.55. The van der Waals surface area contributed by atoms with Crippen molar-refractivity contribution >= 4 is 17.2 Å². The van der Waals surface area contributed by atoms with Crippen LogP contribution in [-0.4, -0.2) is 23.1 Å². The molecule has 0 bridgehead atoms. The van der Waals surface area contributed by atoms with E-state index in [1.165, 1.54) is 12.8 Å². The van der Waals surface area contributed by atoms with Crippen molar-refractivity contribution < 1.29 is 9.53 Å². The first-order valence-corrected chi connectivity index (χ1v) is 8.92. The molecule has 1 aliphatic carbocycles. The highest BCUT2D eigenvalue weighted by molar-refractivity contribution is 7.09. The van der Waals surface area contributed by atoms with Crippen LogP contribution in [0, 0.1) is 0 Å². The molecule has 1 saturated heterocycles. The predicted octanol–water partition coefficient (Wildman–Crippen LogP) is 3.38. The van der Waals surface area contributed by atoms with Crippen molar-refractivity contribution in [1.82, 2.24) is 10.3 Å². The minimum absolute atomic E-state index is 0.148. The molecule has 0 radical (unpaired) electrons. The standard InChI is InChI=1S/C16H24N2O2S/c1-12-4-5-13(20-12)6-7-14(19)18-16(8-2-3-9-16)15-17-10-11-21-15/h10-13H,2-9H2,1H3,(H,18,19). The van der Waals surface area contributed by atoms with Crippen LogP contribution in [0.3, 0.4) is 0 Å². The molecule has 21 heavy (non-hydrogen) atoms. The Bertz CT molecular complexity index is 469. The first kappa shape index (κ1) is 15.0. The van der Waals surface area contributed by atoms with Gasteiger partial charge in [-0.05, 0) is 39.0 Å². The molecule has 4 nitrogen and oxygen atoms in total. The number of nitrogens with one attached hydrogen (secondary N) is 1. The summed E-state index contributed by atoms with van der Waals surface area (Å²) in [7, 11) is 0. The van der Waals surface area contributed by atoms with Crippen LogP contribution in [0.5, 0.6) is 0 Å². The average molecular weight is 308 g/mol. The average Bonchev–Trinajstić information content (AvgIpc) is 3.18. The number of ether oxygens (including phenoxy) is 1. The van der Waals surface area contributed by atoms with Gasteiger partial charge in [0.1, 0.15) is 5.01 Å². The zero-order valence-corrected chi connectivity index (χ0v) is 13.5. The van der Waals surface area contributed by atoms with E-state index >= 15 is 0 Å². The number of nitrogens with zero attached hydrogens (tertiary/aromatic N) is 1. The van der Waals surface area contributed by atoms with E-state index in [2.05, 4.69) is 17.2 Å². The van der Waals surface area contributed by atoms with Crippen molar-refractivity contribution in [3.63, 3.8) is 0 Å². The molecule has 1 saturated carbocycles. The number of rotatable bonds is 5. The number of carbonyl (C=O) groups is 1. The lowest BCUT2D eigenvalue weighted by atomic mass is 9.98. The molecule has 116 valence electrons. The van der Waals surface area contributed by atoms with Gasteiger partial charge in [0.25, 0.3) is 0 Å². The molecule has 2 unspecified atom stereocenters. The van der Waals surface area contributed by atoms with Crippen molar-refractivity contribution in [1.29, 1.82) is 0 Å². The van der Waals surface area contributed by atoms with Crippen LogP contribution in [0.2, 0.25) is 0 Å². The SMILES string of the molecule is CC1CCC(CCC(=O)NC2(c3nccs3)CCCC2)O1. The van der Waals surface area contributed by atoms with Crippen molar-refractivity contribution in [2.24, 2.45) is 0 Å². The van der Waals surface area contributed by atoms with Gasteiger partial charge < -0.3 is 10.1 Å². The summed E-state index contributed by atoms with van der Waals surface area (Å²) >= 11 is 1.65. The first-order chi connectivity index (χ1) is 10.2. The summed E-state index contributed by atoms with van der Waals surface area (Å²) in [5.41, 5.74) is -0.199. The molecule has 1 aromatic rings.